The first kappa shape index (κ1) is 28.5. The van der Waals surface area contributed by atoms with Crippen LogP contribution in [0, 0.1) is 0 Å². The van der Waals surface area contributed by atoms with Gasteiger partial charge in [-0.15, -0.1) is 0 Å². The van der Waals surface area contributed by atoms with Gasteiger partial charge in [-0.25, -0.2) is 9.59 Å². The third kappa shape index (κ3) is 15.4. The molecule has 1 rings (SSSR count). The van der Waals surface area contributed by atoms with Crippen LogP contribution in [-0.4, -0.2) is 43.5 Å². The Kier molecular flexibility index (Phi) is 15.4. The van der Waals surface area contributed by atoms with Crippen molar-refractivity contribution in [3.8, 4) is 0 Å². The number of esters is 3. The molecule has 174 valence electrons. The first-order chi connectivity index (χ1) is 15.2. The molecule has 0 aliphatic rings. The zero-order valence-corrected chi connectivity index (χ0v) is 19.1. The van der Waals surface area contributed by atoms with Gasteiger partial charge in [0.05, 0.1) is 12.2 Å². The minimum Gasteiger partial charge on any atom is -0.462 e. The molecule has 0 spiro atoms. The third-order valence-corrected chi connectivity index (χ3v) is 3.59. The highest BCUT2D eigenvalue weighted by Crippen LogP contribution is 2.05. The fourth-order valence-electron chi connectivity index (χ4n) is 1.90. The van der Waals surface area contributed by atoms with E-state index in [1.165, 1.54) is 13.8 Å². The summed E-state index contributed by atoms with van der Waals surface area (Å²) in [5.41, 5.74) is 1.70. The SMILES string of the molecule is C=C(C)C(=O)OCCOC(=O)CC(C)=O.C=C(C=Cc1ccccc1)C(=O)OCCCC. The van der Waals surface area contributed by atoms with E-state index in [2.05, 4.69) is 29.6 Å². The molecule has 0 aliphatic carbocycles. The Bertz CT molecular complexity index is 807. The van der Waals surface area contributed by atoms with Gasteiger partial charge in [-0.1, -0.05) is 62.9 Å². The van der Waals surface area contributed by atoms with E-state index in [4.69, 9.17) is 4.74 Å². The van der Waals surface area contributed by atoms with Gasteiger partial charge < -0.3 is 14.2 Å². The molecular weight excluding hydrogens is 412 g/mol. The van der Waals surface area contributed by atoms with Gasteiger partial charge >= 0.3 is 17.9 Å². The lowest BCUT2D eigenvalue weighted by molar-refractivity contribution is -0.151. The average molecular weight is 445 g/mol. The Morgan fingerprint density at radius 1 is 0.875 bits per heavy atom. The molecule has 1 aromatic carbocycles. The molecule has 1 aromatic rings. The van der Waals surface area contributed by atoms with Crippen molar-refractivity contribution < 1.29 is 33.4 Å². The molecule has 0 aliphatic heterocycles. The molecule has 0 amide bonds. The average Bonchev–Trinajstić information content (AvgIpc) is 2.75. The van der Waals surface area contributed by atoms with Gasteiger partial charge in [-0.2, -0.15) is 0 Å². The maximum atomic E-state index is 11.5. The standard InChI is InChI=1S/C15H18O2.C10H14O5/c1-3-4-12-17-15(16)13(2)10-11-14-8-6-5-7-9-14;1-7(2)10(13)15-5-4-14-9(12)6-8(3)11/h5-11H,2-4,12H2,1H3;1,4-6H2,2-3H3. The molecule has 0 heterocycles. The van der Waals surface area contributed by atoms with E-state index in [-0.39, 0.29) is 37.0 Å². The number of rotatable bonds is 12. The van der Waals surface area contributed by atoms with Crippen molar-refractivity contribution in [2.75, 3.05) is 19.8 Å². The highest BCUT2D eigenvalue weighted by Gasteiger charge is 2.07. The van der Waals surface area contributed by atoms with E-state index in [1.807, 2.05) is 36.4 Å². The van der Waals surface area contributed by atoms with Crippen molar-refractivity contribution in [3.05, 3.63) is 66.3 Å². The van der Waals surface area contributed by atoms with Crippen LogP contribution in [0.4, 0.5) is 0 Å². The smallest absolute Gasteiger partial charge is 0.337 e. The van der Waals surface area contributed by atoms with E-state index in [1.54, 1.807) is 6.08 Å². The van der Waals surface area contributed by atoms with Crippen LogP contribution in [0.2, 0.25) is 0 Å². The number of Topliss-reactive ketones (excluding diaryl/α,β-unsaturated/α-hetero) is 1. The molecule has 32 heavy (non-hydrogen) atoms. The summed E-state index contributed by atoms with van der Waals surface area (Å²) >= 11 is 0. The van der Waals surface area contributed by atoms with Gasteiger partial charge in [0.25, 0.3) is 0 Å². The van der Waals surface area contributed by atoms with Crippen molar-refractivity contribution in [3.63, 3.8) is 0 Å². The van der Waals surface area contributed by atoms with Gasteiger partial charge in [0.1, 0.15) is 25.4 Å². The quantitative estimate of drug-likeness (QED) is 0.119. The minimum atomic E-state index is -0.617. The second-order valence-electron chi connectivity index (χ2n) is 6.77. The highest BCUT2D eigenvalue weighted by atomic mass is 16.6. The Hall–Kier alpha value is -3.48. The van der Waals surface area contributed by atoms with E-state index in [0.29, 0.717) is 12.2 Å². The second kappa shape index (κ2) is 17.2. The van der Waals surface area contributed by atoms with Crippen molar-refractivity contribution in [1.82, 2.24) is 0 Å². The molecule has 0 saturated carbocycles. The van der Waals surface area contributed by atoms with Crippen molar-refractivity contribution in [2.24, 2.45) is 0 Å². The van der Waals surface area contributed by atoms with Gasteiger partial charge in [-0.3, -0.25) is 9.59 Å². The van der Waals surface area contributed by atoms with E-state index >= 15 is 0 Å². The summed E-state index contributed by atoms with van der Waals surface area (Å²) in [7, 11) is 0. The van der Waals surface area contributed by atoms with Crippen molar-refractivity contribution >= 4 is 29.8 Å². The number of ether oxygens (including phenoxy) is 3. The van der Waals surface area contributed by atoms with Crippen LogP contribution in [0.5, 0.6) is 0 Å². The van der Waals surface area contributed by atoms with Crippen LogP contribution >= 0.6 is 0 Å². The van der Waals surface area contributed by atoms with Crippen LogP contribution < -0.4 is 0 Å². The topological polar surface area (TPSA) is 96.0 Å². The zero-order chi connectivity index (χ0) is 24.4. The molecule has 0 N–H and O–H groups in total. The Labute approximate surface area is 189 Å². The minimum absolute atomic E-state index is 0.0324. The lowest BCUT2D eigenvalue weighted by Gasteiger charge is -2.05. The van der Waals surface area contributed by atoms with E-state index in [0.717, 1.165) is 18.4 Å². The number of hydrogen-bond acceptors (Lipinski definition) is 7. The summed E-state index contributed by atoms with van der Waals surface area (Å²) in [6.45, 7) is 12.3. The fraction of sp³-hybridized carbons (Fsp3) is 0.360. The lowest BCUT2D eigenvalue weighted by atomic mass is 10.2. The largest absolute Gasteiger partial charge is 0.462 e. The first-order valence-corrected chi connectivity index (χ1v) is 10.2. The molecule has 0 aromatic heterocycles. The number of benzene rings is 1. The summed E-state index contributed by atoms with van der Waals surface area (Å²) in [5, 5.41) is 0. The highest BCUT2D eigenvalue weighted by molar-refractivity contribution is 5.94. The van der Waals surface area contributed by atoms with E-state index < -0.39 is 11.9 Å². The third-order valence-electron chi connectivity index (χ3n) is 3.59. The van der Waals surface area contributed by atoms with Crippen LogP contribution in [-0.2, 0) is 33.4 Å². The molecule has 0 bridgehead atoms. The first-order valence-electron chi connectivity index (χ1n) is 10.2. The molecule has 7 nitrogen and oxygen atoms in total. The van der Waals surface area contributed by atoms with Gasteiger partial charge in [-0.05, 0) is 31.9 Å². The molecule has 0 atom stereocenters. The second-order valence-corrected chi connectivity index (χ2v) is 6.77. The molecule has 0 unspecified atom stereocenters. The Morgan fingerprint density at radius 2 is 1.47 bits per heavy atom. The van der Waals surface area contributed by atoms with Crippen LogP contribution in [0.3, 0.4) is 0 Å². The van der Waals surface area contributed by atoms with Gasteiger partial charge in [0, 0.05) is 5.57 Å². The maximum Gasteiger partial charge on any atom is 0.337 e. The summed E-state index contributed by atoms with van der Waals surface area (Å²) in [5.74, 6) is -1.75. The Morgan fingerprint density at radius 3 is 2.03 bits per heavy atom. The molecule has 0 radical (unpaired) electrons. The number of carbonyl (C=O) groups excluding carboxylic acids is 4. The monoisotopic (exact) mass is 444 g/mol. The van der Waals surface area contributed by atoms with Gasteiger partial charge in [0.2, 0.25) is 0 Å². The molecule has 0 fully saturated rings. The molecule has 7 heteroatoms. The summed E-state index contributed by atoms with van der Waals surface area (Å²) in [6, 6.07) is 9.77. The zero-order valence-electron chi connectivity index (χ0n) is 19.1. The number of hydrogen-bond donors (Lipinski definition) is 0. The summed E-state index contributed by atoms with van der Waals surface area (Å²) in [6.07, 6.45) is 5.18. The van der Waals surface area contributed by atoms with Gasteiger partial charge in [0.15, 0.2) is 0 Å². The normalized spacial score (nSPS) is 9.84. The van der Waals surface area contributed by atoms with Crippen molar-refractivity contribution in [1.29, 1.82) is 0 Å². The molecule has 0 saturated heterocycles. The van der Waals surface area contributed by atoms with Crippen LogP contribution in [0.1, 0.15) is 45.6 Å². The number of carbonyl (C=O) groups is 4. The number of unbranched alkanes of at least 4 members (excludes halogenated alkanes) is 1. The summed E-state index contributed by atoms with van der Waals surface area (Å²) < 4.78 is 14.3. The molecular formula is C25H32O7. The van der Waals surface area contributed by atoms with Crippen molar-refractivity contribution in [2.45, 2.75) is 40.0 Å². The lowest BCUT2D eigenvalue weighted by Crippen LogP contribution is -2.15. The predicted octanol–water partition coefficient (Wildman–Crippen LogP) is 4.23. The maximum absolute atomic E-state index is 11.5. The Balaban J connectivity index is 0.000000607. The summed E-state index contributed by atoms with van der Waals surface area (Å²) in [4.78, 5) is 43.6. The predicted molar refractivity (Wildman–Crippen MR) is 123 cm³/mol. The fourth-order valence-corrected chi connectivity index (χ4v) is 1.90. The van der Waals surface area contributed by atoms with E-state index in [9.17, 15) is 19.2 Å². The van der Waals surface area contributed by atoms with Crippen LogP contribution in [0.25, 0.3) is 6.08 Å². The van der Waals surface area contributed by atoms with Crippen LogP contribution in [0.15, 0.2) is 60.7 Å². The number of ketones is 1.